The van der Waals surface area contributed by atoms with Gasteiger partial charge in [0.05, 0.1) is 6.61 Å². The van der Waals surface area contributed by atoms with Gasteiger partial charge in [-0.2, -0.15) is 0 Å². The largest absolute Gasteiger partial charge is 0.369 e. The molecule has 1 aromatic carbocycles. The number of rotatable bonds is 6. The summed E-state index contributed by atoms with van der Waals surface area (Å²) in [5.74, 6) is 0.537. The highest BCUT2D eigenvalue weighted by atomic mass is 16.5. The Bertz CT molecular complexity index is 729. The maximum Gasteiger partial charge on any atom is 0.249 e. The van der Waals surface area contributed by atoms with E-state index in [2.05, 4.69) is 10.3 Å². The molecule has 25 heavy (non-hydrogen) atoms. The Kier molecular flexibility index (Phi) is 5.45. The molecule has 1 N–H and O–H groups in total. The van der Waals surface area contributed by atoms with Crippen molar-refractivity contribution in [2.45, 2.75) is 19.0 Å². The number of ether oxygens (including phenoxy) is 1. The minimum absolute atomic E-state index is 0.0177. The van der Waals surface area contributed by atoms with E-state index in [0.717, 1.165) is 11.4 Å². The number of hydrogen-bond donors (Lipinski definition) is 1. The van der Waals surface area contributed by atoms with Crippen molar-refractivity contribution in [1.82, 2.24) is 19.8 Å². The standard InChI is InChI=1S/C18H22N4O3/c1-21-10-9-19-16(21)7-8-20-18(24)15-12-25-13-17(23)22(15)11-14-5-3-2-4-6-14/h2-6,9-10,15H,7-8,11-13H2,1H3,(H,20,24)/t15-/m0/s1. The molecule has 1 fully saturated rings. The molecule has 2 heterocycles. The van der Waals surface area contributed by atoms with E-state index in [9.17, 15) is 9.59 Å². The number of nitrogens with one attached hydrogen (secondary N) is 1. The SMILES string of the molecule is Cn1ccnc1CCNC(=O)[C@@H]1COCC(=O)N1Cc1ccccc1. The fraction of sp³-hybridized carbons (Fsp3) is 0.389. The second kappa shape index (κ2) is 7.94. The van der Waals surface area contributed by atoms with Crippen molar-refractivity contribution in [1.29, 1.82) is 0 Å². The lowest BCUT2D eigenvalue weighted by molar-refractivity contribution is -0.155. The Hall–Kier alpha value is -2.67. The molecular formula is C18H22N4O3. The molecule has 0 unspecified atom stereocenters. The topological polar surface area (TPSA) is 76.5 Å². The lowest BCUT2D eigenvalue weighted by Crippen LogP contribution is -2.56. The van der Waals surface area contributed by atoms with Gasteiger partial charge < -0.3 is 19.5 Å². The summed E-state index contributed by atoms with van der Waals surface area (Å²) in [6, 6.07) is 9.04. The number of carbonyl (C=O) groups excluding carboxylic acids is 2. The summed E-state index contributed by atoms with van der Waals surface area (Å²) in [5, 5.41) is 2.89. The van der Waals surface area contributed by atoms with Crippen LogP contribution in [0.3, 0.4) is 0 Å². The molecule has 1 aromatic heterocycles. The Morgan fingerprint density at radius 1 is 1.36 bits per heavy atom. The zero-order chi connectivity index (χ0) is 17.6. The molecule has 7 nitrogen and oxygen atoms in total. The summed E-state index contributed by atoms with van der Waals surface area (Å²) in [6.45, 7) is 1.10. The summed E-state index contributed by atoms with van der Waals surface area (Å²) in [4.78, 5) is 30.6. The van der Waals surface area contributed by atoms with Crippen LogP contribution in [0.15, 0.2) is 42.7 Å². The molecule has 0 saturated carbocycles. The van der Waals surface area contributed by atoms with Gasteiger partial charge in [-0.3, -0.25) is 9.59 Å². The van der Waals surface area contributed by atoms with Gasteiger partial charge >= 0.3 is 0 Å². The van der Waals surface area contributed by atoms with E-state index < -0.39 is 6.04 Å². The fourth-order valence-electron chi connectivity index (χ4n) is 2.85. The Labute approximate surface area is 146 Å². The lowest BCUT2D eigenvalue weighted by Gasteiger charge is -2.34. The van der Waals surface area contributed by atoms with Gasteiger partial charge in [0.1, 0.15) is 18.5 Å². The summed E-state index contributed by atoms with van der Waals surface area (Å²) in [7, 11) is 1.92. The smallest absolute Gasteiger partial charge is 0.249 e. The molecule has 0 radical (unpaired) electrons. The Morgan fingerprint density at radius 3 is 2.88 bits per heavy atom. The molecule has 1 saturated heterocycles. The number of hydrogen-bond acceptors (Lipinski definition) is 4. The number of morpholine rings is 1. The van der Waals surface area contributed by atoms with Gasteiger partial charge in [0.25, 0.3) is 0 Å². The normalized spacial score (nSPS) is 17.6. The maximum absolute atomic E-state index is 12.5. The van der Waals surface area contributed by atoms with E-state index in [0.29, 0.717) is 19.5 Å². The van der Waals surface area contributed by atoms with Crippen molar-refractivity contribution < 1.29 is 14.3 Å². The highest BCUT2D eigenvalue weighted by Gasteiger charge is 2.33. The average molecular weight is 342 g/mol. The minimum Gasteiger partial charge on any atom is -0.369 e. The first-order valence-electron chi connectivity index (χ1n) is 8.30. The number of benzene rings is 1. The van der Waals surface area contributed by atoms with E-state index in [1.165, 1.54) is 0 Å². The number of aryl methyl sites for hydroxylation is 1. The zero-order valence-electron chi connectivity index (χ0n) is 14.2. The number of carbonyl (C=O) groups is 2. The molecule has 7 heteroatoms. The molecule has 1 atom stereocenters. The molecule has 2 amide bonds. The van der Waals surface area contributed by atoms with Gasteiger partial charge in [-0.25, -0.2) is 4.98 Å². The van der Waals surface area contributed by atoms with E-state index in [4.69, 9.17) is 4.74 Å². The van der Waals surface area contributed by atoms with Gasteiger partial charge in [-0.15, -0.1) is 0 Å². The van der Waals surface area contributed by atoms with Crippen LogP contribution in [-0.2, 0) is 34.3 Å². The maximum atomic E-state index is 12.5. The highest BCUT2D eigenvalue weighted by Crippen LogP contribution is 2.13. The molecule has 0 bridgehead atoms. The van der Waals surface area contributed by atoms with Crippen LogP contribution in [0, 0.1) is 0 Å². The summed E-state index contributed by atoms with van der Waals surface area (Å²) in [6.07, 6.45) is 4.23. The second-order valence-corrected chi connectivity index (χ2v) is 6.03. The van der Waals surface area contributed by atoms with Gasteiger partial charge in [-0.05, 0) is 5.56 Å². The van der Waals surface area contributed by atoms with Crippen LogP contribution >= 0.6 is 0 Å². The summed E-state index contributed by atoms with van der Waals surface area (Å²) >= 11 is 0. The van der Waals surface area contributed by atoms with Gasteiger partial charge in [0.2, 0.25) is 11.8 Å². The number of amides is 2. The Morgan fingerprint density at radius 2 is 2.16 bits per heavy atom. The molecule has 132 valence electrons. The third-order valence-corrected chi connectivity index (χ3v) is 4.27. The second-order valence-electron chi connectivity index (χ2n) is 6.03. The first-order valence-corrected chi connectivity index (χ1v) is 8.30. The van der Waals surface area contributed by atoms with Crippen LogP contribution in [0.4, 0.5) is 0 Å². The van der Waals surface area contributed by atoms with Crippen molar-refractivity contribution in [3.05, 3.63) is 54.1 Å². The van der Waals surface area contributed by atoms with Crippen LogP contribution in [0.2, 0.25) is 0 Å². The van der Waals surface area contributed by atoms with Crippen molar-refractivity contribution in [2.24, 2.45) is 7.05 Å². The van der Waals surface area contributed by atoms with Crippen molar-refractivity contribution in [3.8, 4) is 0 Å². The van der Waals surface area contributed by atoms with Gasteiger partial charge in [0, 0.05) is 39.0 Å². The molecular weight excluding hydrogens is 320 g/mol. The minimum atomic E-state index is -0.608. The van der Waals surface area contributed by atoms with Crippen LogP contribution in [-0.4, -0.2) is 52.1 Å². The van der Waals surface area contributed by atoms with Crippen molar-refractivity contribution in [3.63, 3.8) is 0 Å². The monoisotopic (exact) mass is 342 g/mol. The van der Waals surface area contributed by atoms with Crippen LogP contribution in [0.25, 0.3) is 0 Å². The Balaban J connectivity index is 1.60. The lowest BCUT2D eigenvalue weighted by atomic mass is 10.1. The van der Waals surface area contributed by atoms with E-state index in [1.807, 2.05) is 48.1 Å². The van der Waals surface area contributed by atoms with E-state index in [1.54, 1.807) is 11.1 Å². The third kappa shape index (κ3) is 4.24. The molecule has 3 rings (SSSR count). The molecule has 1 aliphatic rings. The van der Waals surface area contributed by atoms with Crippen LogP contribution in [0.1, 0.15) is 11.4 Å². The van der Waals surface area contributed by atoms with Crippen LogP contribution in [0.5, 0.6) is 0 Å². The van der Waals surface area contributed by atoms with Gasteiger partial charge in [-0.1, -0.05) is 30.3 Å². The number of imidazole rings is 1. The molecule has 0 spiro atoms. The van der Waals surface area contributed by atoms with Crippen molar-refractivity contribution in [2.75, 3.05) is 19.8 Å². The predicted octanol–water partition coefficient (Wildman–Crippen LogP) is 0.506. The summed E-state index contributed by atoms with van der Waals surface area (Å²) in [5.41, 5.74) is 0.989. The zero-order valence-corrected chi connectivity index (χ0v) is 14.2. The predicted molar refractivity (Wildman–Crippen MR) is 91.5 cm³/mol. The van der Waals surface area contributed by atoms with Crippen molar-refractivity contribution >= 4 is 11.8 Å². The first-order chi connectivity index (χ1) is 12.1. The van der Waals surface area contributed by atoms with Gasteiger partial charge in [0.15, 0.2) is 0 Å². The number of aromatic nitrogens is 2. The molecule has 1 aliphatic heterocycles. The summed E-state index contributed by atoms with van der Waals surface area (Å²) < 4.78 is 7.20. The fourth-order valence-corrected chi connectivity index (χ4v) is 2.85. The van der Waals surface area contributed by atoms with Crippen LogP contribution < -0.4 is 5.32 Å². The third-order valence-electron chi connectivity index (χ3n) is 4.27. The van der Waals surface area contributed by atoms with E-state index in [-0.39, 0.29) is 25.0 Å². The average Bonchev–Trinajstić information content (AvgIpc) is 3.02. The first kappa shape index (κ1) is 17.2. The molecule has 2 aromatic rings. The number of nitrogens with zero attached hydrogens (tertiary/aromatic N) is 3. The quantitative estimate of drug-likeness (QED) is 0.830. The highest BCUT2D eigenvalue weighted by molar-refractivity contribution is 5.89. The van der Waals surface area contributed by atoms with E-state index >= 15 is 0 Å². The molecule has 0 aliphatic carbocycles.